The third kappa shape index (κ3) is 5.16. The van der Waals surface area contributed by atoms with E-state index in [1.54, 1.807) is 14.2 Å². The first kappa shape index (κ1) is 26.6. The largest absolute Gasteiger partial charge is 0.494 e. The van der Waals surface area contributed by atoms with E-state index in [9.17, 15) is 9.59 Å². The van der Waals surface area contributed by atoms with Gasteiger partial charge in [0.25, 0.3) is 5.91 Å². The molecule has 0 atom stereocenters. The molecule has 7 nitrogen and oxygen atoms in total. The van der Waals surface area contributed by atoms with Crippen LogP contribution in [0, 0.1) is 0 Å². The van der Waals surface area contributed by atoms with Crippen molar-refractivity contribution in [3.05, 3.63) is 70.1 Å². The van der Waals surface area contributed by atoms with Crippen molar-refractivity contribution in [2.24, 2.45) is 0 Å². The van der Waals surface area contributed by atoms with Gasteiger partial charge in [0, 0.05) is 10.4 Å². The lowest BCUT2D eigenvalue weighted by molar-refractivity contribution is 0.0601. The lowest BCUT2D eigenvalue weighted by Crippen LogP contribution is -2.15. The average Bonchev–Trinajstić information content (AvgIpc) is 3.33. The summed E-state index contributed by atoms with van der Waals surface area (Å²) in [5.74, 6) is 1.22. The molecule has 0 aliphatic heterocycles. The van der Waals surface area contributed by atoms with Crippen LogP contribution in [0.3, 0.4) is 0 Å². The molecule has 202 valence electrons. The van der Waals surface area contributed by atoms with Crippen molar-refractivity contribution in [3.63, 3.8) is 0 Å². The fourth-order valence-corrected chi connectivity index (χ4v) is 6.38. The Balaban J connectivity index is 1.61. The van der Waals surface area contributed by atoms with Gasteiger partial charge in [-0.25, -0.2) is 4.79 Å². The minimum absolute atomic E-state index is 0.303. The monoisotopic (exact) mass is 545 g/mol. The highest BCUT2D eigenvalue weighted by molar-refractivity contribution is 7.17. The van der Waals surface area contributed by atoms with Gasteiger partial charge in [0.15, 0.2) is 11.5 Å². The fourth-order valence-electron chi connectivity index (χ4n) is 5.10. The third-order valence-corrected chi connectivity index (χ3v) is 8.19. The molecule has 0 saturated carbocycles. The lowest BCUT2D eigenvalue weighted by Gasteiger charge is -2.15. The number of esters is 1. The predicted molar refractivity (Wildman–Crippen MR) is 154 cm³/mol. The Kier molecular flexibility index (Phi) is 7.74. The molecule has 5 rings (SSSR count). The molecule has 0 radical (unpaired) electrons. The number of benzene rings is 3. The Morgan fingerprint density at radius 2 is 1.64 bits per heavy atom. The topological polar surface area (TPSA) is 83.1 Å². The molecule has 3 aromatic carbocycles. The number of rotatable bonds is 8. The maximum Gasteiger partial charge on any atom is 0.341 e. The highest BCUT2D eigenvalue weighted by Crippen LogP contribution is 2.41. The van der Waals surface area contributed by atoms with Crippen molar-refractivity contribution in [3.8, 4) is 28.4 Å². The first-order valence-electron chi connectivity index (χ1n) is 12.9. The Morgan fingerprint density at radius 1 is 0.923 bits per heavy atom. The van der Waals surface area contributed by atoms with Crippen molar-refractivity contribution >= 4 is 39.0 Å². The van der Waals surface area contributed by atoms with Crippen LogP contribution in [0.15, 0.2) is 48.5 Å². The molecule has 0 unspecified atom stereocenters. The number of amides is 1. The number of thiophene rings is 1. The summed E-state index contributed by atoms with van der Waals surface area (Å²) in [6.07, 6.45) is 3.80. The van der Waals surface area contributed by atoms with E-state index in [0.29, 0.717) is 34.2 Å². The molecule has 0 saturated heterocycles. The van der Waals surface area contributed by atoms with Gasteiger partial charge in [-0.3, -0.25) is 4.79 Å². The molecule has 4 aromatic rings. The highest BCUT2D eigenvalue weighted by atomic mass is 32.1. The van der Waals surface area contributed by atoms with Gasteiger partial charge in [-0.05, 0) is 96.5 Å². The van der Waals surface area contributed by atoms with Crippen LogP contribution in [0.2, 0.25) is 0 Å². The number of nitrogens with one attached hydrogen (secondary N) is 1. The van der Waals surface area contributed by atoms with Crippen LogP contribution in [-0.2, 0) is 17.6 Å². The van der Waals surface area contributed by atoms with Crippen LogP contribution in [0.25, 0.3) is 21.9 Å². The van der Waals surface area contributed by atoms with E-state index < -0.39 is 5.97 Å². The molecule has 1 amide bonds. The van der Waals surface area contributed by atoms with Gasteiger partial charge in [-0.1, -0.05) is 12.1 Å². The zero-order valence-electron chi connectivity index (χ0n) is 22.5. The lowest BCUT2D eigenvalue weighted by atomic mass is 9.94. The molecule has 1 N–H and O–H groups in total. The maximum absolute atomic E-state index is 13.7. The van der Waals surface area contributed by atoms with E-state index in [1.807, 2.05) is 55.5 Å². The van der Waals surface area contributed by atoms with E-state index in [2.05, 4.69) is 5.32 Å². The van der Waals surface area contributed by atoms with E-state index in [0.717, 1.165) is 63.8 Å². The molecule has 1 aliphatic carbocycles. The second-order valence-electron chi connectivity index (χ2n) is 9.27. The zero-order valence-corrected chi connectivity index (χ0v) is 23.3. The summed E-state index contributed by atoms with van der Waals surface area (Å²) >= 11 is 1.47. The predicted octanol–water partition coefficient (Wildman–Crippen LogP) is 6.90. The summed E-state index contributed by atoms with van der Waals surface area (Å²) in [6, 6.07) is 15.3. The van der Waals surface area contributed by atoms with Gasteiger partial charge in [-0.2, -0.15) is 0 Å². The van der Waals surface area contributed by atoms with Crippen LogP contribution in [0.1, 0.15) is 50.9 Å². The third-order valence-electron chi connectivity index (χ3n) is 6.98. The number of fused-ring (bicyclic) bond motifs is 2. The van der Waals surface area contributed by atoms with Crippen LogP contribution in [0.4, 0.5) is 5.00 Å². The Bertz CT molecular complexity index is 1540. The molecular weight excluding hydrogens is 514 g/mol. The number of ether oxygens (including phenoxy) is 4. The number of methoxy groups -OCH3 is 3. The number of anilines is 1. The smallest absolute Gasteiger partial charge is 0.341 e. The first-order valence-corrected chi connectivity index (χ1v) is 13.8. The standard InChI is InChI=1S/C31H31NO6S/c1-5-38-21-12-10-18(11-13-21)23-15-20(14-19-16-25(35-2)26(36-3)17-24(19)23)29(33)32-30-28(31(34)37-4)22-8-6-7-9-27(22)39-30/h10-17H,5-9H2,1-4H3,(H,32,33). The van der Waals surface area contributed by atoms with Gasteiger partial charge in [-0.15, -0.1) is 11.3 Å². The summed E-state index contributed by atoms with van der Waals surface area (Å²) in [4.78, 5) is 27.5. The Labute approximate surface area is 231 Å². The number of carbonyl (C=O) groups is 2. The Hall–Kier alpha value is -4.04. The molecule has 0 fully saturated rings. The van der Waals surface area contributed by atoms with Crippen LogP contribution < -0.4 is 19.5 Å². The Morgan fingerprint density at radius 3 is 2.33 bits per heavy atom. The molecule has 1 heterocycles. The number of hydrogen-bond donors (Lipinski definition) is 1. The van der Waals surface area contributed by atoms with Crippen molar-refractivity contribution in [2.45, 2.75) is 32.6 Å². The van der Waals surface area contributed by atoms with E-state index in [4.69, 9.17) is 18.9 Å². The molecule has 8 heteroatoms. The summed E-state index contributed by atoms with van der Waals surface area (Å²) in [5.41, 5.74) is 3.72. The average molecular weight is 546 g/mol. The van der Waals surface area contributed by atoms with Crippen molar-refractivity contribution in [1.82, 2.24) is 0 Å². The number of aryl methyl sites for hydroxylation is 1. The molecule has 0 bridgehead atoms. The maximum atomic E-state index is 13.7. The zero-order chi connectivity index (χ0) is 27.5. The second kappa shape index (κ2) is 11.4. The number of hydrogen-bond acceptors (Lipinski definition) is 7. The molecule has 1 aromatic heterocycles. The van der Waals surface area contributed by atoms with Crippen LogP contribution >= 0.6 is 11.3 Å². The molecule has 0 spiro atoms. The fraction of sp³-hybridized carbons (Fsp3) is 0.290. The summed E-state index contributed by atoms with van der Waals surface area (Å²) in [7, 11) is 4.55. The SMILES string of the molecule is CCOc1ccc(-c2cc(C(=O)Nc3sc4c(c3C(=O)OC)CCCC4)cc3cc(OC)c(OC)cc23)cc1. The highest BCUT2D eigenvalue weighted by Gasteiger charge is 2.27. The van der Waals surface area contributed by atoms with Crippen molar-refractivity contribution in [1.29, 1.82) is 0 Å². The quantitative estimate of drug-likeness (QED) is 0.243. The van der Waals surface area contributed by atoms with Crippen molar-refractivity contribution < 1.29 is 28.5 Å². The van der Waals surface area contributed by atoms with E-state index >= 15 is 0 Å². The van der Waals surface area contributed by atoms with Gasteiger partial charge in [0.1, 0.15) is 10.8 Å². The van der Waals surface area contributed by atoms with Crippen LogP contribution in [0.5, 0.6) is 17.2 Å². The molecule has 39 heavy (non-hydrogen) atoms. The summed E-state index contributed by atoms with van der Waals surface area (Å²) < 4.78 is 21.8. The van der Waals surface area contributed by atoms with Crippen molar-refractivity contribution in [2.75, 3.05) is 33.3 Å². The van der Waals surface area contributed by atoms with E-state index in [1.165, 1.54) is 18.4 Å². The number of carbonyl (C=O) groups excluding carboxylic acids is 2. The molecule has 1 aliphatic rings. The van der Waals surface area contributed by atoms with Gasteiger partial charge >= 0.3 is 5.97 Å². The second-order valence-corrected chi connectivity index (χ2v) is 10.4. The first-order chi connectivity index (χ1) is 19.0. The van der Waals surface area contributed by atoms with E-state index in [-0.39, 0.29) is 5.91 Å². The minimum atomic E-state index is -0.421. The normalized spacial score (nSPS) is 12.5. The minimum Gasteiger partial charge on any atom is -0.494 e. The van der Waals surface area contributed by atoms with Gasteiger partial charge < -0.3 is 24.3 Å². The summed E-state index contributed by atoms with van der Waals surface area (Å²) in [5, 5.41) is 5.29. The van der Waals surface area contributed by atoms with Gasteiger partial charge in [0.2, 0.25) is 0 Å². The molecular formula is C31H31NO6S. The van der Waals surface area contributed by atoms with Crippen LogP contribution in [-0.4, -0.2) is 39.8 Å². The summed E-state index contributed by atoms with van der Waals surface area (Å²) in [6.45, 7) is 2.52. The van der Waals surface area contributed by atoms with Gasteiger partial charge in [0.05, 0.1) is 33.5 Å².